The van der Waals surface area contributed by atoms with Gasteiger partial charge in [-0.15, -0.1) is 0 Å². The molecule has 0 rings (SSSR count). The van der Waals surface area contributed by atoms with E-state index in [0.29, 0.717) is 11.6 Å². The quantitative estimate of drug-likeness (QED) is 0.688. The van der Waals surface area contributed by atoms with E-state index in [0.717, 1.165) is 25.7 Å². The summed E-state index contributed by atoms with van der Waals surface area (Å²) in [5.74, 6) is 1.17. The molecule has 0 aromatic carbocycles. The highest BCUT2D eigenvalue weighted by atomic mass is 16.1. The molecule has 0 aliphatic carbocycles. The van der Waals surface area contributed by atoms with Gasteiger partial charge in [-0.2, -0.15) is 0 Å². The molecule has 96 valence electrons. The fraction of sp³-hybridized carbons (Fsp3) is 0.857. The summed E-state index contributed by atoms with van der Waals surface area (Å²) in [6.07, 6.45) is 3.54. The van der Waals surface area contributed by atoms with Crippen molar-refractivity contribution in [1.29, 1.82) is 0 Å². The van der Waals surface area contributed by atoms with Crippen LogP contribution >= 0.6 is 0 Å². The molecule has 0 aliphatic heterocycles. The lowest BCUT2D eigenvalue weighted by atomic mass is 9.99. The Kier molecular flexibility index (Phi) is 12.0. The van der Waals surface area contributed by atoms with Gasteiger partial charge >= 0.3 is 0 Å². The van der Waals surface area contributed by atoms with E-state index in [-0.39, 0.29) is 11.8 Å². The molecule has 0 spiro atoms. The van der Waals surface area contributed by atoms with E-state index in [1.807, 2.05) is 41.5 Å². The summed E-state index contributed by atoms with van der Waals surface area (Å²) >= 11 is 0. The van der Waals surface area contributed by atoms with Crippen molar-refractivity contribution in [2.45, 2.75) is 67.2 Å². The summed E-state index contributed by atoms with van der Waals surface area (Å²) in [5.41, 5.74) is 0. The molecule has 0 fully saturated rings. The molecule has 0 aliphatic rings. The Hall–Kier alpha value is -0.660. The van der Waals surface area contributed by atoms with Crippen LogP contribution in [0.4, 0.5) is 0 Å². The van der Waals surface area contributed by atoms with Gasteiger partial charge in [0.2, 0.25) is 0 Å². The number of rotatable bonds is 6. The fourth-order valence-electron chi connectivity index (χ4n) is 1.35. The molecular formula is C14H28O2. The second-order valence-electron chi connectivity index (χ2n) is 4.75. The molecule has 2 heteroatoms. The van der Waals surface area contributed by atoms with Crippen molar-refractivity contribution >= 4 is 11.6 Å². The molecule has 0 atom stereocenters. The van der Waals surface area contributed by atoms with Gasteiger partial charge in [-0.3, -0.25) is 9.59 Å². The van der Waals surface area contributed by atoms with Crippen molar-refractivity contribution in [3.8, 4) is 0 Å². The van der Waals surface area contributed by atoms with Crippen LogP contribution in [0.15, 0.2) is 0 Å². The van der Waals surface area contributed by atoms with Crippen molar-refractivity contribution in [3.05, 3.63) is 0 Å². The van der Waals surface area contributed by atoms with Crippen LogP contribution in [-0.2, 0) is 9.59 Å². The molecule has 0 saturated heterocycles. The molecule has 0 radical (unpaired) electrons. The summed E-state index contributed by atoms with van der Waals surface area (Å²) in [4.78, 5) is 21.5. The third kappa shape index (κ3) is 11.4. The normalized spacial score (nSPS) is 10.0. The smallest absolute Gasteiger partial charge is 0.137 e. The molecule has 0 aromatic rings. The van der Waals surface area contributed by atoms with Gasteiger partial charge in [0, 0.05) is 24.7 Å². The van der Waals surface area contributed by atoms with Gasteiger partial charge in [0.25, 0.3) is 0 Å². The predicted molar refractivity (Wildman–Crippen MR) is 69.5 cm³/mol. The molecule has 0 N–H and O–H groups in total. The van der Waals surface area contributed by atoms with Crippen LogP contribution in [0.3, 0.4) is 0 Å². The Morgan fingerprint density at radius 2 is 1.12 bits per heavy atom. The third-order valence-corrected chi connectivity index (χ3v) is 2.20. The van der Waals surface area contributed by atoms with Gasteiger partial charge < -0.3 is 0 Å². The lowest BCUT2D eigenvalue weighted by Crippen LogP contribution is -2.13. The van der Waals surface area contributed by atoms with Crippen molar-refractivity contribution < 1.29 is 9.59 Å². The minimum atomic E-state index is 0.204. The van der Waals surface area contributed by atoms with E-state index in [1.165, 1.54) is 0 Å². The number of hydrogen-bond donors (Lipinski definition) is 0. The zero-order valence-electron chi connectivity index (χ0n) is 11.8. The van der Waals surface area contributed by atoms with Gasteiger partial charge in [-0.1, -0.05) is 41.5 Å². The first-order valence-electron chi connectivity index (χ1n) is 6.42. The van der Waals surface area contributed by atoms with Crippen LogP contribution in [0.2, 0.25) is 0 Å². The van der Waals surface area contributed by atoms with Crippen LogP contribution in [0, 0.1) is 11.8 Å². The van der Waals surface area contributed by atoms with E-state index in [9.17, 15) is 9.59 Å². The molecule has 0 unspecified atom stereocenters. The average Bonchev–Trinajstić information content (AvgIpc) is 2.18. The third-order valence-electron chi connectivity index (χ3n) is 2.20. The van der Waals surface area contributed by atoms with Gasteiger partial charge in [-0.25, -0.2) is 0 Å². The van der Waals surface area contributed by atoms with Crippen LogP contribution < -0.4 is 0 Å². The first-order valence-corrected chi connectivity index (χ1v) is 6.42. The van der Waals surface area contributed by atoms with E-state index < -0.39 is 0 Å². The first kappa shape index (κ1) is 17.7. The molecule has 0 saturated carbocycles. The fourth-order valence-corrected chi connectivity index (χ4v) is 1.35. The highest BCUT2D eigenvalue weighted by Crippen LogP contribution is 2.03. The van der Waals surface area contributed by atoms with E-state index >= 15 is 0 Å². The van der Waals surface area contributed by atoms with Crippen molar-refractivity contribution in [1.82, 2.24) is 0 Å². The van der Waals surface area contributed by atoms with Crippen LogP contribution in [-0.4, -0.2) is 11.6 Å². The zero-order valence-corrected chi connectivity index (χ0v) is 11.8. The number of Topliss-reactive ketones (excluding diaryl/α,β-unsaturated/α-hetero) is 2. The Bertz CT molecular complexity index is 175. The standard InChI is InChI=1S/2C7H14O/c1-5(2)7(8)6(3)4;1-3-5-7(8)6-4-2/h5-6H,1-4H3;3-6H2,1-2H3. The summed E-state index contributed by atoms with van der Waals surface area (Å²) in [7, 11) is 0. The van der Waals surface area contributed by atoms with Crippen LogP contribution in [0.25, 0.3) is 0 Å². The largest absolute Gasteiger partial charge is 0.300 e. The van der Waals surface area contributed by atoms with Gasteiger partial charge in [0.05, 0.1) is 0 Å². The Morgan fingerprint density at radius 3 is 1.25 bits per heavy atom. The summed E-state index contributed by atoms with van der Waals surface area (Å²) in [5, 5.41) is 0. The summed E-state index contributed by atoms with van der Waals surface area (Å²) in [6, 6.07) is 0. The number of carbonyl (C=O) groups excluding carboxylic acids is 2. The van der Waals surface area contributed by atoms with E-state index in [4.69, 9.17) is 0 Å². The lowest BCUT2D eigenvalue weighted by Gasteiger charge is -2.05. The summed E-state index contributed by atoms with van der Waals surface area (Å²) < 4.78 is 0. The second-order valence-corrected chi connectivity index (χ2v) is 4.75. The SMILES string of the molecule is CC(C)C(=O)C(C)C.CCCC(=O)CCC. The van der Waals surface area contributed by atoms with Crippen LogP contribution in [0.1, 0.15) is 67.2 Å². The van der Waals surface area contributed by atoms with E-state index in [2.05, 4.69) is 0 Å². The molecule has 16 heavy (non-hydrogen) atoms. The minimum Gasteiger partial charge on any atom is -0.300 e. The van der Waals surface area contributed by atoms with Gasteiger partial charge in [0.15, 0.2) is 0 Å². The maximum atomic E-state index is 10.8. The lowest BCUT2D eigenvalue weighted by molar-refractivity contribution is -0.124. The molecule has 2 nitrogen and oxygen atoms in total. The van der Waals surface area contributed by atoms with Crippen LogP contribution in [0.5, 0.6) is 0 Å². The highest BCUT2D eigenvalue weighted by molar-refractivity contribution is 5.82. The van der Waals surface area contributed by atoms with Crippen molar-refractivity contribution in [2.24, 2.45) is 11.8 Å². The van der Waals surface area contributed by atoms with Crippen molar-refractivity contribution in [2.75, 3.05) is 0 Å². The highest BCUT2D eigenvalue weighted by Gasteiger charge is 2.09. The maximum Gasteiger partial charge on any atom is 0.137 e. The number of hydrogen-bond acceptors (Lipinski definition) is 2. The Labute approximate surface area is 101 Å². The van der Waals surface area contributed by atoms with Gasteiger partial charge in [-0.05, 0) is 12.8 Å². The monoisotopic (exact) mass is 228 g/mol. The maximum absolute atomic E-state index is 10.8. The molecule has 0 bridgehead atoms. The summed E-state index contributed by atoms with van der Waals surface area (Å²) in [6.45, 7) is 11.8. The van der Waals surface area contributed by atoms with Gasteiger partial charge in [0.1, 0.15) is 11.6 Å². The molecular weight excluding hydrogens is 200 g/mol. The second kappa shape index (κ2) is 10.8. The predicted octanol–water partition coefficient (Wildman–Crippen LogP) is 4.02. The molecule has 0 amide bonds. The van der Waals surface area contributed by atoms with E-state index in [1.54, 1.807) is 0 Å². The Morgan fingerprint density at radius 1 is 0.812 bits per heavy atom. The first-order chi connectivity index (χ1) is 7.36. The zero-order chi connectivity index (χ0) is 13.1. The molecule has 0 heterocycles. The minimum absolute atomic E-state index is 0.204. The number of carbonyl (C=O) groups is 2. The Balaban J connectivity index is 0. The average molecular weight is 228 g/mol. The number of ketones is 2. The topological polar surface area (TPSA) is 34.1 Å². The molecule has 0 aromatic heterocycles. The van der Waals surface area contributed by atoms with Crippen molar-refractivity contribution in [3.63, 3.8) is 0 Å².